The molecule has 1 aromatic rings. The number of benzene rings is 1. The number of methoxy groups -OCH3 is 1. The second-order valence-corrected chi connectivity index (χ2v) is 4.34. The maximum absolute atomic E-state index is 12.8. The minimum Gasteiger partial charge on any atom is -0.467 e. The average Bonchev–Trinajstić information content (AvgIpc) is 2.27. The molecule has 1 aliphatic carbocycles. The summed E-state index contributed by atoms with van der Waals surface area (Å²) in [5, 5.41) is 3.12. The predicted molar refractivity (Wildman–Crippen MR) is 63.2 cm³/mol. The summed E-state index contributed by atoms with van der Waals surface area (Å²) in [5.41, 5.74) is 0.744. The van der Waals surface area contributed by atoms with Crippen molar-refractivity contribution < 1.29 is 13.9 Å². The molecule has 0 saturated heterocycles. The third-order valence-electron chi connectivity index (χ3n) is 3.24. The van der Waals surface area contributed by atoms with Gasteiger partial charge >= 0.3 is 5.97 Å². The van der Waals surface area contributed by atoms with Gasteiger partial charge in [-0.15, -0.1) is 0 Å². The molecule has 0 spiro atoms. The van der Waals surface area contributed by atoms with E-state index >= 15 is 0 Å². The van der Waals surface area contributed by atoms with Gasteiger partial charge in [0.2, 0.25) is 0 Å². The van der Waals surface area contributed by atoms with Gasteiger partial charge in [0.05, 0.1) is 7.11 Å². The summed E-state index contributed by atoms with van der Waals surface area (Å²) in [6, 6.07) is 5.68. The Morgan fingerprint density at radius 1 is 1.41 bits per heavy atom. The number of rotatable bonds is 4. The van der Waals surface area contributed by atoms with Crippen molar-refractivity contribution in [2.24, 2.45) is 5.92 Å². The van der Waals surface area contributed by atoms with E-state index in [4.69, 9.17) is 4.74 Å². The molecule has 4 heteroatoms. The first kappa shape index (κ1) is 11.9. The molecule has 0 heterocycles. The SMILES string of the molecule is COC(=O)C(Nc1ccc(F)cc1)C1CCC1. The third kappa shape index (κ3) is 2.75. The minimum absolute atomic E-state index is 0.251. The number of carbonyl (C=O) groups is 1. The number of hydrogen-bond acceptors (Lipinski definition) is 3. The molecular weight excluding hydrogens is 221 g/mol. The first-order chi connectivity index (χ1) is 8.20. The average molecular weight is 237 g/mol. The summed E-state index contributed by atoms with van der Waals surface area (Å²) in [5.74, 6) is -0.208. The van der Waals surface area contributed by atoms with Crippen molar-refractivity contribution >= 4 is 11.7 Å². The fourth-order valence-corrected chi connectivity index (χ4v) is 2.00. The highest BCUT2D eigenvalue weighted by atomic mass is 19.1. The molecule has 1 aromatic carbocycles. The van der Waals surface area contributed by atoms with Crippen LogP contribution in [0.5, 0.6) is 0 Å². The summed E-state index contributed by atoms with van der Waals surface area (Å²) in [4.78, 5) is 11.7. The van der Waals surface area contributed by atoms with Gasteiger partial charge in [-0.05, 0) is 43.0 Å². The number of esters is 1. The smallest absolute Gasteiger partial charge is 0.328 e. The lowest BCUT2D eigenvalue weighted by molar-refractivity contribution is -0.143. The maximum atomic E-state index is 12.8. The molecule has 1 unspecified atom stereocenters. The molecule has 2 rings (SSSR count). The van der Waals surface area contributed by atoms with Crippen molar-refractivity contribution in [3.05, 3.63) is 30.1 Å². The van der Waals surface area contributed by atoms with E-state index in [9.17, 15) is 9.18 Å². The van der Waals surface area contributed by atoms with E-state index < -0.39 is 0 Å². The van der Waals surface area contributed by atoms with Crippen LogP contribution in [0.2, 0.25) is 0 Å². The second kappa shape index (κ2) is 5.17. The van der Waals surface area contributed by atoms with Crippen LogP contribution in [-0.2, 0) is 9.53 Å². The van der Waals surface area contributed by atoms with Gasteiger partial charge in [0.15, 0.2) is 0 Å². The largest absolute Gasteiger partial charge is 0.467 e. The van der Waals surface area contributed by atoms with Crippen molar-refractivity contribution in [1.82, 2.24) is 0 Å². The summed E-state index contributed by atoms with van der Waals surface area (Å²) >= 11 is 0. The monoisotopic (exact) mass is 237 g/mol. The minimum atomic E-state index is -0.320. The van der Waals surface area contributed by atoms with Crippen LogP contribution in [0.4, 0.5) is 10.1 Å². The Morgan fingerprint density at radius 3 is 2.53 bits per heavy atom. The van der Waals surface area contributed by atoms with E-state index in [-0.39, 0.29) is 17.8 Å². The van der Waals surface area contributed by atoms with Gasteiger partial charge in [0.25, 0.3) is 0 Å². The topological polar surface area (TPSA) is 38.3 Å². The molecule has 0 aromatic heterocycles. The van der Waals surface area contributed by atoms with Crippen molar-refractivity contribution in [3.63, 3.8) is 0 Å². The molecular formula is C13H16FNO2. The van der Waals surface area contributed by atoms with Crippen molar-refractivity contribution in [2.45, 2.75) is 25.3 Å². The van der Waals surface area contributed by atoms with Gasteiger partial charge in [0, 0.05) is 5.69 Å². The second-order valence-electron chi connectivity index (χ2n) is 4.34. The summed E-state index contributed by atoms with van der Waals surface area (Å²) in [6.07, 6.45) is 3.23. The van der Waals surface area contributed by atoms with Gasteiger partial charge in [0.1, 0.15) is 11.9 Å². The number of carbonyl (C=O) groups excluding carboxylic acids is 1. The molecule has 1 fully saturated rings. The van der Waals surface area contributed by atoms with Gasteiger partial charge in [-0.25, -0.2) is 9.18 Å². The first-order valence-corrected chi connectivity index (χ1v) is 5.80. The van der Waals surface area contributed by atoms with Crippen LogP contribution < -0.4 is 5.32 Å². The third-order valence-corrected chi connectivity index (χ3v) is 3.24. The number of halogens is 1. The maximum Gasteiger partial charge on any atom is 0.328 e. The Bertz CT molecular complexity index is 387. The molecule has 0 bridgehead atoms. The van der Waals surface area contributed by atoms with E-state index in [2.05, 4.69) is 5.32 Å². The van der Waals surface area contributed by atoms with Crippen LogP contribution >= 0.6 is 0 Å². The standard InChI is InChI=1S/C13H16FNO2/c1-17-13(16)12(9-3-2-4-9)15-11-7-5-10(14)6-8-11/h5-9,12,15H,2-4H2,1H3. The molecule has 0 amide bonds. The zero-order chi connectivity index (χ0) is 12.3. The fourth-order valence-electron chi connectivity index (χ4n) is 2.00. The lowest BCUT2D eigenvalue weighted by atomic mass is 9.79. The number of ether oxygens (including phenoxy) is 1. The van der Waals surface area contributed by atoms with Crippen molar-refractivity contribution in [2.75, 3.05) is 12.4 Å². The molecule has 17 heavy (non-hydrogen) atoms. The molecule has 1 N–H and O–H groups in total. The quantitative estimate of drug-likeness (QED) is 0.818. The highest BCUT2D eigenvalue weighted by Gasteiger charge is 2.33. The van der Waals surface area contributed by atoms with E-state index in [1.54, 1.807) is 12.1 Å². The van der Waals surface area contributed by atoms with Gasteiger partial charge < -0.3 is 10.1 Å². The van der Waals surface area contributed by atoms with E-state index in [0.717, 1.165) is 24.9 Å². The molecule has 0 radical (unpaired) electrons. The van der Waals surface area contributed by atoms with Crippen molar-refractivity contribution in [3.8, 4) is 0 Å². The van der Waals surface area contributed by atoms with Crippen LogP contribution in [0.1, 0.15) is 19.3 Å². The van der Waals surface area contributed by atoms with Gasteiger partial charge in [-0.3, -0.25) is 0 Å². The Balaban J connectivity index is 2.06. The molecule has 92 valence electrons. The predicted octanol–water partition coefficient (Wildman–Crippen LogP) is 2.58. The van der Waals surface area contributed by atoms with Crippen LogP contribution in [0.25, 0.3) is 0 Å². The van der Waals surface area contributed by atoms with Crippen LogP contribution in [0, 0.1) is 11.7 Å². The van der Waals surface area contributed by atoms with Crippen LogP contribution in [0.3, 0.4) is 0 Å². The highest BCUT2D eigenvalue weighted by Crippen LogP contribution is 2.31. The lowest BCUT2D eigenvalue weighted by Gasteiger charge is -2.32. The normalized spacial score (nSPS) is 17.1. The molecule has 1 atom stereocenters. The fraction of sp³-hybridized carbons (Fsp3) is 0.462. The number of nitrogens with one attached hydrogen (secondary N) is 1. The van der Waals surface area contributed by atoms with Crippen molar-refractivity contribution in [1.29, 1.82) is 0 Å². The van der Waals surface area contributed by atoms with Gasteiger partial charge in [-0.2, -0.15) is 0 Å². The summed E-state index contributed by atoms with van der Waals surface area (Å²) < 4.78 is 17.6. The van der Waals surface area contributed by atoms with Gasteiger partial charge in [-0.1, -0.05) is 6.42 Å². The Morgan fingerprint density at radius 2 is 2.06 bits per heavy atom. The lowest BCUT2D eigenvalue weighted by Crippen LogP contribution is -2.41. The van der Waals surface area contributed by atoms with E-state index in [1.807, 2.05) is 0 Å². The number of anilines is 1. The molecule has 3 nitrogen and oxygen atoms in total. The molecule has 1 aliphatic rings. The summed E-state index contributed by atoms with van der Waals surface area (Å²) in [6.45, 7) is 0. The van der Waals surface area contributed by atoms with E-state index in [0.29, 0.717) is 5.92 Å². The highest BCUT2D eigenvalue weighted by molar-refractivity contribution is 5.79. The number of hydrogen-bond donors (Lipinski definition) is 1. The first-order valence-electron chi connectivity index (χ1n) is 5.80. The Hall–Kier alpha value is -1.58. The summed E-state index contributed by atoms with van der Waals surface area (Å²) in [7, 11) is 1.39. The Labute approximate surface area is 100.0 Å². The zero-order valence-electron chi connectivity index (χ0n) is 9.78. The Kier molecular flexibility index (Phi) is 3.61. The van der Waals surface area contributed by atoms with Crippen LogP contribution in [0.15, 0.2) is 24.3 Å². The van der Waals surface area contributed by atoms with E-state index in [1.165, 1.54) is 19.2 Å². The van der Waals surface area contributed by atoms with Crippen LogP contribution in [-0.4, -0.2) is 19.1 Å². The molecule has 1 saturated carbocycles. The molecule has 0 aliphatic heterocycles. The zero-order valence-corrected chi connectivity index (χ0v) is 9.78.